The number of Topliss-reactive ketones (excluding diaryl/α,β-unsaturated/α-hetero) is 1. The summed E-state index contributed by atoms with van der Waals surface area (Å²) >= 11 is 12.9. The number of alkyl halides is 2. The number of nitrogens with one attached hydrogen (secondary N) is 1. The number of hydrogen-bond donors (Lipinski definition) is 3. The van der Waals surface area contributed by atoms with Crippen LogP contribution in [0.1, 0.15) is 104 Å². The molecule has 7 rings (SSSR count). The van der Waals surface area contributed by atoms with E-state index < -0.39 is 128 Å². The fourth-order valence-corrected chi connectivity index (χ4v) is 12.7. The fourth-order valence-electron chi connectivity index (χ4n) is 11.3. The molecule has 1 heterocycles. The molecule has 1 aliphatic heterocycles. The van der Waals surface area contributed by atoms with Crippen LogP contribution in [0.5, 0.6) is 0 Å². The Kier molecular flexibility index (Phi) is 17.0. The Bertz CT molecular complexity index is 2650. The van der Waals surface area contributed by atoms with E-state index in [1.807, 2.05) is 0 Å². The van der Waals surface area contributed by atoms with Gasteiger partial charge in [0.05, 0.1) is 23.5 Å². The third-order valence-electron chi connectivity index (χ3n) is 14.8. The smallest absolute Gasteiger partial charge is 0.408 e. The number of benzene rings is 3. The van der Waals surface area contributed by atoms with Gasteiger partial charge in [0.15, 0.2) is 17.7 Å². The highest BCUT2D eigenvalue weighted by Crippen LogP contribution is 2.65. The lowest BCUT2D eigenvalue weighted by Gasteiger charge is -2.67. The summed E-state index contributed by atoms with van der Waals surface area (Å²) in [6.45, 7) is 15.2. The molecular formula is C55H65Cl2NO16S. The minimum absolute atomic E-state index is 0.0290. The number of carbonyl (C=O) groups is 6. The molecule has 406 valence electrons. The standard InChI is InChI=1S/C55H65Cl2NO16S/c1-11-67-32(4)73-55(75-35-25-19-14-20-26-35,42(33-21-15-12-16-22-33)58-49(65)74-50(5,6)7)48(64)69-36-28-54(66)44(71-46(62)34-23-17-13-18-24-34)41-52(10,43(61)40(60)39(30(36)2)51(54,8)9)37(70-47(63)45(56)57)27-38-53(41,29-68-38)72-31(3)59/h12-26,32,36-38,40-42,44-45,60,66H,11,27-29H2,1-10H3,(H,58,65)/t32?,36-,37-,38+,40+,41?,42-,44-,52+,53-,54+,55+/m0/s1. The van der Waals surface area contributed by atoms with Gasteiger partial charge in [0.2, 0.25) is 9.77 Å². The molecule has 12 atom stereocenters. The summed E-state index contributed by atoms with van der Waals surface area (Å²) in [5.74, 6) is -6.75. The molecule has 3 N–H and O–H groups in total. The average molecular weight is 1100 g/mol. The number of thioether (sulfide) groups is 1. The van der Waals surface area contributed by atoms with E-state index in [2.05, 4.69) is 5.32 Å². The molecule has 0 radical (unpaired) electrons. The number of esters is 4. The Morgan fingerprint density at radius 2 is 1.51 bits per heavy atom. The molecule has 2 saturated carbocycles. The molecule has 1 saturated heterocycles. The third-order valence-corrected chi connectivity index (χ3v) is 16.5. The number of aliphatic hydroxyl groups is 2. The van der Waals surface area contributed by atoms with Crippen LogP contribution >= 0.6 is 35.0 Å². The number of ether oxygens (including phenoxy) is 8. The van der Waals surface area contributed by atoms with Crippen LogP contribution in [0, 0.1) is 16.7 Å². The van der Waals surface area contributed by atoms with E-state index >= 15 is 9.59 Å². The monoisotopic (exact) mass is 1100 g/mol. The van der Waals surface area contributed by atoms with E-state index in [1.54, 1.807) is 127 Å². The zero-order valence-electron chi connectivity index (χ0n) is 43.5. The van der Waals surface area contributed by atoms with Crippen LogP contribution in [0.25, 0.3) is 0 Å². The number of amides is 1. The SMILES string of the molecule is CCOC(C)O[C@](Sc1ccccc1)(C(=O)O[C@H]1C[C@@]2(O)[C@@H](OC(=O)c3ccccc3)C3[C@](C)(C(=O)[C@H](O)C(=C1C)C2(C)C)[C@@H](OC(=O)C(Cl)Cl)C[C@H]1OC[C@@]31OC(C)=O)[C@@H](NC(=O)OC(C)(C)C)c1ccccc1. The number of ketones is 1. The van der Waals surface area contributed by atoms with Crippen molar-refractivity contribution >= 4 is 70.7 Å². The van der Waals surface area contributed by atoms with Gasteiger partial charge in [0.25, 0.3) is 0 Å². The van der Waals surface area contributed by atoms with E-state index in [9.17, 15) is 29.4 Å². The maximum absolute atomic E-state index is 16.1. The Balaban J connectivity index is 1.49. The Morgan fingerprint density at radius 3 is 2.05 bits per heavy atom. The maximum Gasteiger partial charge on any atom is 0.408 e. The second-order valence-corrected chi connectivity index (χ2v) is 23.4. The van der Waals surface area contributed by atoms with E-state index in [-0.39, 0.29) is 36.3 Å². The van der Waals surface area contributed by atoms with Crippen molar-refractivity contribution in [2.24, 2.45) is 16.7 Å². The largest absolute Gasteiger partial charge is 0.459 e. The molecule has 3 aromatic rings. The molecule has 20 heteroatoms. The molecule has 75 heavy (non-hydrogen) atoms. The van der Waals surface area contributed by atoms with Crippen molar-refractivity contribution in [3.8, 4) is 0 Å². The molecule has 2 bridgehead atoms. The van der Waals surface area contributed by atoms with Gasteiger partial charge >= 0.3 is 30.0 Å². The second-order valence-electron chi connectivity index (χ2n) is 21.0. The van der Waals surface area contributed by atoms with Crippen LogP contribution in [0.15, 0.2) is 107 Å². The number of rotatable bonds is 16. The zero-order chi connectivity index (χ0) is 55.1. The van der Waals surface area contributed by atoms with Gasteiger partial charge in [-0.3, -0.25) is 9.59 Å². The van der Waals surface area contributed by atoms with E-state index in [4.69, 9.17) is 61.1 Å². The van der Waals surface area contributed by atoms with Gasteiger partial charge in [0.1, 0.15) is 47.8 Å². The van der Waals surface area contributed by atoms with E-state index in [0.29, 0.717) is 10.5 Å². The predicted octanol–water partition coefficient (Wildman–Crippen LogP) is 8.14. The first-order valence-corrected chi connectivity index (χ1v) is 26.4. The van der Waals surface area contributed by atoms with Crippen molar-refractivity contribution in [3.05, 3.63) is 113 Å². The predicted molar refractivity (Wildman–Crippen MR) is 274 cm³/mol. The van der Waals surface area contributed by atoms with Gasteiger partial charge < -0.3 is 53.4 Å². The van der Waals surface area contributed by atoms with Crippen LogP contribution in [0.2, 0.25) is 0 Å². The first kappa shape index (κ1) is 57.7. The van der Waals surface area contributed by atoms with Crippen molar-refractivity contribution in [3.63, 3.8) is 0 Å². The number of hydrogen-bond acceptors (Lipinski definition) is 17. The molecule has 4 aliphatic rings. The molecule has 3 aliphatic carbocycles. The average Bonchev–Trinajstić information content (AvgIpc) is 3.34. The van der Waals surface area contributed by atoms with Gasteiger partial charge in [-0.1, -0.05) is 116 Å². The zero-order valence-corrected chi connectivity index (χ0v) is 45.8. The number of carbonyl (C=O) groups excluding carboxylic acids is 6. The summed E-state index contributed by atoms with van der Waals surface area (Å²) in [4.78, 5) is 83.8. The summed E-state index contributed by atoms with van der Waals surface area (Å²) < 4.78 is 49.9. The maximum atomic E-state index is 16.1. The topological polar surface area (TPSA) is 229 Å². The van der Waals surface area contributed by atoms with Crippen LogP contribution in [0.4, 0.5) is 4.79 Å². The highest BCUT2D eigenvalue weighted by molar-refractivity contribution is 8.01. The summed E-state index contributed by atoms with van der Waals surface area (Å²) in [6.07, 6.45) is -11.3. The molecule has 1 amide bonds. The summed E-state index contributed by atoms with van der Waals surface area (Å²) in [5.41, 5.74) is -8.93. The number of alkyl carbamates (subject to hydrolysis) is 1. The van der Waals surface area contributed by atoms with Gasteiger partial charge in [-0.2, -0.15) is 0 Å². The third kappa shape index (κ3) is 11.0. The molecule has 3 fully saturated rings. The summed E-state index contributed by atoms with van der Waals surface area (Å²) in [5, 5.41) is 29.9. The Labute approximate surface area is 450 Å². The van der Waals surface area contributed by atoms with Crippen LogP contribution < -0.4 is 5.32 Å². The van der Waals surface area contributed by atoms with E-state index in [1.165, 1.54) is 26.0 Å². The first-order valence-electron chi connectivity index (χ1n) is 24.7. The lowest BCUT2D eigenvalue weighted by Crippen LogP contribution is -2.82. The van der Waals surface area contributed by atoms with Crippen molar-refractivity contribution in [2.45, 2.75) is 156 Å². The second kappa shape index (κ2) is 22.1. The minimum atomic E-state index is -2.51. The molecule has 0 spiro atoms. The summed E-state index contributed by atoms with van der Waals surface area (Å²) in [7, 11) is 0. The minimum Gasteiger partial charge on any atom is -0.459 e. The van der Waals surface area contributed by atoms with Gasteiger partial charge in [0, 0.05) is 36.7 Å². The number of fused-ring (bicyclic) bond motifs is 5. The highest BCUT2D eigenvalue weighted by atomic mass is 35.5. The highest BCUT2D eigenvalue weighted by Gasteiger charge is 2.79. The van der Waals surface area contributed by atoms with Crippen LogP contribution in [-0.4, -0.2) is 123 Å². The Hall–Kier alpha value is -5.05. The normalized spacial score (nSPS) is 29.6. The molecule has 0 aromatic heterocycles. The van der Waals surface area contributed by atoms with Crippen molar-refractivity contribution in [1.29, 1.82) is 0 Å². The summed E-state index contributed by atoms with van der Waals surface area (Å²) in [6, 6.07) is 23.6. The fraction of sp³-hybridized carbons (Fsp3) is 0.527. The lowest BCUT2D eigenvalue weighted by atomic mass is 9.44. The quantitative estimate of drug-likeness (QED) is 0.0307. The lowest BCUT2D eigenvalue weighted by molar-refractivity contribution is -0.346. The van der Waals surface area contributed by atoms with Crippen LogP contribution in [0.3, 0.4) is 0 Å². The van der Waals surface area contributed by atoms with Gasteiger partial charge in [-0.25, -0.2) is 19.2 Å². The molecule has 2 unspecified atom stereocenters. The molecule has 3 aromatic carbocycles. The van der Waals surface area contributed by atoms with Crippen molar-refractivity contribution in [1.82, 2.24) is 5.32 Å². The van der Waals surface area contributed by atoms with Crippen molar-refractivity contribution in [2.75, 3.05) is 13.2 Å². The Morgan fingerprint density at radius 1 is 0.907 bits per heavy atom. The van der Waals surface area contributed by atoms with E-state index in [0.717, 1.165) is 18.7 Å². The number of aliphatic hydroxyl groups excluding tert-OH is 1. The van der Waals surface area contributed by atoms with Crippen LogP contribution in [-0.2, 0) is 57.1 Å². The molecular weight excluding hydrogens is 1030 g/mol. The van der Waals surface area contributed by atoms with Gasteiger partial charge in [-0.15, -0.1) is 0 Å². The molecule has 17 nitrogen and oxygen atoms in total. The van der Waals surface area contributed by atoms with Gasteiger partial charge in [-0.05, 0) is 89.4 Å². The number of halogens is 2. The first-order chi connectivity index (χ1) is 35.2. The van der Waals surface area contributed by atoms with Crippen molar-refractivity contribution < 1.29 is 76.9 Å².